The van der Waals surface area contributed by atoms with Crippen molar-refractivity contribution in [2.75, 3.05) is 13.3 Å². The number of carbonyl (C=O) groups is 2. The van der Waals surface area contributed by atoms with Crippen molar-refractivity contribution in [3.63, 3.8) is 0 Å². The van der Waals surface area contributed by atoms with E-state index >= 15 is 0 Å². The molecule has 112 valence electrons. The molecule has 5 heteroatoms. The molecule has 0 aliphatic heterocycles. The Hall–Kier alpha value is -1.10. The average Bonchev–Trinajstić information content (AvgIpc) is 2.31. The van der Waals surface area contributed by atoms with Gasteiger partial charge in [-0.15, -0.1) is 0 Å². The van der Waals surface area contributed by atoms with Crippen molar-refractivity contribution < 1.29 is 19.1 Å². The van der Waals surface area contributed by atoms with E-state index in [4.69, 9.17) is 10.5 Å². The van der Waals surface area contributed by atoms with E-state index in [-0.39, 0.29) is 24.7 Å². The van der Waals surface area contributed by atoms with E-state index in [1.165, 1.54) is 0 Å². The first kappa shape index (κ1) is 17.9. The Morgan fingerprint density at radius 2 is 1.68 bits per heavy atom. The molecule has 0 bridgehead atoms. The van der Waals surface area contributed by atoms with Gasteiger partial charge in [-0.1, -0.05) is 40.5 Å². The van der Waals surface area contributed by atoms with Crippen LogP contribution in [-0.2, 0) is 19.1 Å². The predicted molar refractivity (Wildman–Crippen MR) is 73.2 cm³/mol. The Kier molecular flexibility index (Phi) is 7.05. The molecule has 0 aromatic carbocycles. The minimum Gasteiger partial charge on any atom is -0.453 e. The Balaban J connectivity index is 4.69. The maximum absolute atomic E-state index is 12.3. The maximum Gasteiger partial charge on any atom is 0.345 e. The molecule has 0 saturated carbocycles. The van der Waals surface area contributed by atoms with Crippen LogP contribution in [0.25, 0.3) is 0 Å². The number of hydrogen-bond donors (Lipinski definition) is 1. The summed E-state index contributed by atoms with van der Waals surface area (Å²) in [4.78, 5) is 23.4. The van der Waals surface area contributed by atoms with Crippen molar-refractivity contribution in [1.82, 2.24) is 0 Å². The predicted octanol–water partition coefficient (Wildman–Crippen LogP) is 2.23. The van der Waals surface area contributed by atoms with Crippen molar-refractivity contribution >= 4 is 11.9 Å². The van der Waals surface area contributed by atoms with Gasteiger partial charge in [-0.3, -0.25) is 10.5 Å². The Bertz CT molecular complexity index is 309. The number of esters is 2. The summed E-state index contributed by atoms with van der Waals surface area (Å²) >= 11 is 0. The molecule has 2 N–H and O–H groups in total. The molecule has 5 nitrogen and oxygen atoms in total. The molecule has 1 atom stereocenters. The topological polar surface area (TPSA) is 78.6 Å². The highest BCUT2D eigenvalue weighted by Gasteiger charge is 2.45. The lowest BCUT2D eigenvalue weighted by Crippen LogP contribution is -2.42. The van der Waals surface area contributed by atoms with Crippen LogP contribution in [0, 0.1) is 10.8 Å². The van der Waals surface area contributed by atoms with Crippen molar-refractivity contribution in [1.29, 1.82) is 0 Å². The molecule has 0 fully saturated rings. The molecule has 0 amide bonds. The van der Waals surface area contributed by atoms with E-state index in [1.54, 1.807) is 0 Å². The van der Waals surface area contributed by atoms with Gasteiger partial charge in [-0.05, 0) is 18.8 Å². The molecule has 0 radical (unpaired) electrons. The molecule has 0 aromatic heterocycles. The summed E-state index contributed by atoms with van der Waals surface area (Å²) in [5.41, 5.74) is 4.21. The third kappa shape index (κ3) is 5.19. The quantitative estimate of drug-likeness (QED) is 0.568. The number of unbranched alkanes of at least 4 members (excludes halogenated alkanes) is 1. The molecule has 1 unspecified atom stereocenters. The van der Waals surface area contributed by atoms with Gasteiger partial charge < -0.3 is 9.47 Å². The fourth-order valence-corrected chi connectivity index (χ4v) is 1.73. The highest BCUT2D eigenvalue weighted by Crippen LogP contribution is 2.43. The number of ether oxygens (including phenoxy) is 2. The van der Waals surface area contributed by atoms with Gasteiger partial charge in [0.15, 0.2) is 6.61 Å². The Morgan fingerprint density at radius 1 is 1.11 bits per heavy atom. The minimum atomic E-state index is -0.623. The van der Waals surface area contributed by atoms with E-state index in [0.717, 1.165) is 19.3 Å². The van der Waals surface area contributed by atoms with Crippen LogP contribution in [0.3, 0.4) is 0 Å². The van der Waals surface area contributed by atoms with Crippen molar-refractivity contribution in [3.05, 3.63) is 0 Å². The second-order valence-electron chi connectivity index (χ2n) is 5.94. The summed E-state index contributed by atoms with van der Waals surface area (Å²) in [5.74, 6) is -0.981. The molecule has 19 heavy (non-hydrogen) atoms. The highest BCUT2D eigenvalue weighted by atomic mass is 16.6. The van der Waals surface area contributed by atoms with Gasteiger partial charge in [0.1, 0.15) is 6.73 Å². The zero-order valence-corrected chi connectivity index (χ0v) is 12.7. The van der Waals surface area contributed by atoms with E-state index < -0.39 is 11.4 Å². The smallest absolute Gasteiger partial charge is 0.345 e. The zero-order valence-electron chi connectivity index (χ0n) is 12.7. The molecule has 0 spiro atoms. The van der Waals surface area contributed by atoms with Gasteiger partial charge in [0.2, 0.25) is 0 Å². The standard InChI is InChI=1S/C14H27NO4/c1-6-7-8-14(5,13(2,3)4)12(17)18-9-11(16)19-10-15/h6-10,15H2,1-5H3. The lowest BCUT2D eigenvalue weighted by molar-refractivity contribution is -0.170. The van der Waals surface area contributed by atoms with Crippen LogP contribution < -0.4 is 5.73 Å². The molecule has 0 aliphatic carbocycles. The van der Waals surface area contributed by atoms with Crippen molar-refractivity contribution in [2.24, 2.45) is 16.6 Å². The summed E-state index contributed by atoms with van der Waals surface area (Å²) in [6.45, 7) is 9.38. The molecule has 0 saturated heterocycles. The zero-order chi connectivity index (χ0) is 15.1. The first-order valence-electron chi connectivity index (χ1n) is 6.72. The second kappa shape index (κ2) is 7.48. The van der Waals surface area contributed by atoms with Crippen LogP contribution in [0.4, 0.5) is 0 Å². The first-order valence-corrected chi connectivity index (χ1v) is 6.72. The molecule has 0 rings (SSSR count). The lowest BCUT2D eigenvalue weighted by Gasteiger charge is -2.39. The van der Waals surface area contributed by atoms with Crippen molar-refractivity contribution in [2.45, 2.75) is 53.9 Å². The Labute approximate surface area is 115 Å². The SMILES string of the molecule is CCCCC(C)(C(=O)OCC(=O)OCN)C(C)(C)C. The summed E-state index contributed by atoms with van der Waals surface area (Å²) < 4.78 is 9.61. The van der Waals surface area contributed by atoms with E-state index in [2.05, 4.69) is 11.7 Å². The van der Waals surface area contributed by atoms with Crippen LogP contribution in [0.1, 0.15) is 53.9 Å². The molecule has 0 aliphatic rings. The van der Waals surface area contributed by atoms with Gasteiger partial charge in [-0.25, -0.2) is 4.79 Å². The summed E-state index contributed by atoms with van der Waals surface area (Å²) in [5, 5.41) is 0. The first-order chi connectivity index (χ1) is 8.69. The van der Waals surface area contributed by atoms with E-state index in [9.17, 15) is 9.59 Å². The van der Waals surface area contributed by atoms with Gasteiger partial charge in [0.05, 0.1) is 5.41 Å². The molecule has 0 aromatic rings. The number of rotatable bonds is 7. The fourth-order valence-electron chi connectivity index (χ4n) is 1.73. The average molecular weight is 273 g/mol. The Morgan fingerprint density at radius 3 is 2.11 bits per heavy atom. The summed E-state index contributed by atoms with van der Waals surface area (Å²) in [6.07, 6.45) is 2.68. The highest BCUT2D eigenvalue weighted by molar-refractivity contribution is 5.80. The number of carbonyl (C=O) groups excluding carboxylic acids is 2. The van der Waals surface area contributed by atoms with Crippen LogP contribution in [0.5, 0.6) is 0 Å². The third-order valence-corrected chi connectivity index (χ3v) is 3.70. The van der Waals surface area contributed by atoms with Crippen LogP contribution in [-0.4, -0.2) is 25.3 Å². The van der Waals surface area contributed by atoms with Gasteiger partial charge in [-0.2, -0.15) is 0 Å². The van der Waals surface area contributed by atoms with Crippen molar-refractivity contribution in [3.8, 4) is 0 Å². The molecular weight excluding hydrogens is 246 g/mol. The molecule has 0 heterocycles. The lowest BCUT2D eigenvalue weighted by atomic mass is 9.65. The normalized spacial score (nSPS) is 14.6. The minimum absolute atomic E-state index is 0.206. The second-order valence-corrected chi connectivity index (χ2v) is 5.94. The fraction of sp³-hybridized carbons (Fsp3) is 0.857. The van der Waals surface area contributed by atoms with Gasteiger partial charge >= 0.3 is 11.9 Å². The van der Waals surface area contributed by atoms with Crippen LogP contribution >= 0.6 is 0 Å². The summed E-state index contributed by atoms with van der Waals surface area (Å²) in [7, 11) is 0. The van der Waals surface area contributed by atoms with Gasteiger partial charge in [0.25, 0.3) is 0 Å². The van der Waals surface area contributed by atoms with Crippen LogP contribution in [0.2, 0.25) is 0 Å². The van der Waals surface area contributed by atoms with E-state index in [1.807, 2.05) is 27.7 Å². The monoisotopic (exact) mass is 273 g/mol. The van der Waals surface area contributed by atoms with Gasteiger partial charge in [0, 0.05) is 0 Å². The molecular formula is C14H27NO4. The van der Waals surface area contributed by atoms with Crippen LogP contribution in [0.15, 0.2) is 0 Å². The largest absolute Gasteiger partial charge is 0.453 e. The maximum atomic E-state index is 12.3. The third-order valence-electron chi connectivity index (χ3n) is 3.70. The van der Waals surface area contributed by atoms with E-state index in [0.29, 0.717) is 0 Å². The number of nitrogens with two attached hydrogens (primary N) is 1. The number of hydrogen-bond acceptors (Lipinski definition) is 5. The summed E-state index contributed by atoms with van der Waals surface area (Å²) in [6, 6.07) is 0.